The van der Waals surface area contributed by atoms with E-state index in [9.17, 15) is 14.7 Å². The molecule has 1 fully saturated rings. The fourth-order valence-corrected chi connectivity index (χ4v) is 3.56. The number of aliphatic hydroxyl groups excluding tert-OH is 1. The number of ether oxygens (including phenoxy) is 1. The molecule has 1 saturated carbocycles. The lowest BCUT2D eigenvalue weighted by Gasteiger charge is -2.26. The van der Waals surface area contributed by atoms with Crippen molar-refractivity contribution in [3.05, 3.63) is 48.0 Å². The van der Waals surface area contributed by atoms with Crippen LogP contribution in [0.3, 0.4) is 0 Å². The highest BCUT2D eigenvalue weighted by Gasteiger charge is 2.29. The highest BCUT2D eigenvalue weighted by molar-refractivity contribution is 5.86. The minimum Gasteiger partial charge on any atom is -0.467 e. The first kappa shape index (κ1) is 18.4. The van der Waals surface area contributed by atoms with Crippen LogP contribution in [-0.2, 0) is 20.7 Å². The van der Waals surface area contributed by atoms with Crippen LogP contribution in [0.15, 0.2) is 42.5 Å². The summed E-state index contributed by atoms with van der Waals surface area (Å²) in [6, 6.07) is 13.3. The third-order valence-corrected chi connectivity index (χ3v) is 5.12. The number of rotatable bonds is 5. The van der Waals surface area contributed by atoms with Crippen molar-refractivity contribution in [2.24, 2.45) is 5.92 Å². The van der Waals surface area contributed by atoms with Crippen LogP contribution in [0.1, 0.15) is 31.2 Å². The van der Waals surface area contributed by atoms with Gasteiger partial charge < -0.3 is 15.2 Å². The van der Waals surface area contributed by atoms with Gasteiger partial charge in [-0.25, -0.2) is 4.79 Å². The van der Waals surface area contributed by atoms with Crippen molar-refractivity contribution in [3.63, 3.8) is 0 Å². The van der Waals surface area contributed by atoms with Crippen LogP contribution in [-0.4, -0.2) is 36.2 Å². The second-order valence-electron chi connectivity index (χ2n) is 6.98. The molecule has 5 nitrogen and oxygen atoms in total. The van der Waals surface area contributed by atoms with Gasteiger partial charge in [-0.3, -0.25) is 4.79 Å². The molecule has 2 N–H and O–H groups in total. The largest absolute Gasteiger partial charge is 0.467 e. The van der Waals surface area contributed by atoms with Gasteiger partial charge in [-0.1, -0.05) is 42.5 Å². The summed E-state index contributed by atoms with van der Waals surface area (Å²) in [7, 11) is 1.33. The normalized spacial score (nSPS) is 21.2. The van der Waals surface area contributed by atoms with Crippen molar-refractivity contribution in [1.29, 1.82) is 0 Å². The predicted octanol–water partition coefficient (Wildman–Crippen LogP) is 2.59. The van der Waals surface area contributed by atoms with E-state index < -0.39 is 12.0 Å². The first-order valence-corrected chi connectivity index (χ1v) is 9.11. The van der Waals surface area contributed by atoms with E-state index in [1.165, 1.54) is 7.11 Å². The molecule has 1 aliphatic rings. The molecule has 0 unspecified atom stereocenters. The van der Waals surface area contributed by atoms with E-state index in [-0.39, 0.29) is 17.9 Å². The number of carbonyl (C=O) groups excluding carboxylic acids is 2. The van der Waals surface area contributed by atoms with Crippen LogP contribution >= 0.6 is 0 Å². The molecular weight excluding hydrogens is 330 g/mol. The van der Waals surface area contributed by atoms with E-state index in [1.807, 2.05) is 42.5 Å². The van der Waals surface area contributed by atoms with E-state index in [2.05, 4.69) is 5.32 Å². The Bertz CT molecular complexity index is 780. The van der Waals surface area contributed by atoms with Crippen molar-refractivity contribution in [2.45, 2.75) is 44.2 Å². The quantitative estimate of drug-likeness (QED) is 0.809. The van der Waals surface area contributed by atoms with Gasteiger partial charge in [-0.15, -0.1) is 0 Å². The van der Waals surface area contributed by atoms with Crippen LogP contribution in [0.2, 0.25) is 0 Å². The number of hydrogen-bond donors (Lipinski definition) is 2. The van der Waals surface area contributed by atoms with Crippen molar-refractivity contribution in [2.75, 3.05) is 7.11 Å². The number of hydrogen-bond acceptors (Lipinski definition) is 4. The van der Waals surface area contributed by atoms with Crippen LogP contribution in [0.5, 0.6) is 0 Å². The molecule has 138 valence electrons. The molecule has 1 amide bonds. The van der Waals surface area contributed by atoms with Crippen molar-refractivity contribution < 1.29 is 19.4 Å². The summed E-state index contributed by atoms with van der Waals surface area (Å²) in [5.74, 6) is -0.724. The second kappa shape index (κ2) is 8.32. The maximum absolute atomic E-state index is 12.5. The monoisotopic (exact) mass is 355 g/mol. The highest BCUT2D eigenvalue weighted by Crippen LogP contribution is 2.24. The number of amides is 1. The number of esters is 1. The summed E-state index contributed by atoms with van der Waals surface area (Å²) in [6.45, 7) is 0. The Morgan fingerprint density at radius 3 is 2.50 bits per heavy atom. The van der Waals surface area contributed by atoms with Gasteiger partial charge in [0.1, 0.15) is 6.04 Å². The molecule has 0 aromatic heterocycles. The molecule has 1 atom stereocenters. The lowest BCUT2D eigenvalue weighted by Crippen LogP contribution is -2.46. The van der Waals surface area contributed by atoms with Crippen molar-refractivity contribution in [1.82, 2.24) is 5.32 Å². The Balaban J connectivity index is 1.70. The van der Waals surface area contributed by atoms with Gasteiger partial charge >= 0.3 is 5.97 Å². The number of fused-ring (bicyclic) bond motifs is 1. The molecule has 0 spiro atoms. The first-order valence-electron chi connectivity index (χ1n) is 9.11. The minimum absolute atomic E-state index is 0.131. The predicted molar refractivity (Wildman–Crippen MR) is 99.6 cm³/mol. The molecule has 3 rings (SSSR count). The van der Waals surface area contributed by atoms with Crippen LogP contribution in [0.4, 0.5) is 0 Å². The fourth-order valence-electron chi connectivity index (χ4n) is 3.56. The molecule has 2 aromatic carbocycles. The Morgan fingerprint density at radius 1 is 1.12 bits per heavy atom. The average Bonchev–Trinajstić information content (AvgIpc) is 2.67. The van der Waals surface area contributed by atoms with Gasteiger partial charge in [0.25, 0.3) is 0 Å². The number of aliphatic hydroxyl groups is 1. The van der Waals surface area contributed by atoms with Gasteiger partial charge in [0.2, 0.25) is 5.91 Å². The number of benzene rings is 2. The summed E-state index contributed by atoms with van der Waals surface area (Å²) in [6.07, 6.45) is 2.64. The second-order valence-corrected chi connectivity index (χ2v) is 6.98. The Kier molecular flexibility index (Phi) is 5.89. The Labute approximate surface area is 153 Å². The average molecular weight is 355 g/mol. The summed E-state index contributed by atoms with van der Waals surface area (Å²) in [5, 5.41) is 14.7. The molecule has 0 radical (unpaired) electrons. The summed E-state index contributed by atoms with van der Waals surface area (Å²) in [5.41, 5.74) is 0.971. The molecule has 5 heteroatoms. The van der Waals surface area contributed by atoms with E-state index in [0.717, 1.165) is 16.3 Å². The fraction of sp³-hybridized carbons (Fsp3) is 0.429. The highest BCUT2D eigenvalue weighted by atomic mass is 16.5. The lowest BCUT2D eigenvalue weighted by atomic mass is 9.86. The van der Waals surface area contributed by atoms with Crippen LogP contribution in [0, 0.1) is 5.92 Å². The Morgan fingerprint density at radius 2 is 1.81 bits per heavy atom. The zero-order valence-corrected chi connectivity index (χ0v) is 15.0. The summed E-state index contributed by atoms with van der Waals surface area (Å²) >= 11 is 0. The van der Waals surface area contributed by atoms with Gasteiger partial charge in [-0.2, -0.15) is 0 Å². The van der Waals surface area contributed by atoms with Gasteiger partial charge in [0, 0.05) is 12.3 Å². The SMILES string of the molecule is COC(=O)[C@@H](Cc1ccc2ccccc2c1)NC(=O)C1CCC(O)CC1. The molecule has 0 saturated heterocycles. The molecule has 0 bridgehead atoms. The lowest BCUT2D eigenvalue weighted by molar-refractivity contribution is -0.145. The standard InChI is InChI=1S/C21H25NO4/c1-26-21(25)19(22-20(24)16-8-10-18(23)11-9-16)13-14-6-7-15-4-2-3-5-17(15)12-14/h2-7,12,16,18-19,23H,8-11,13H2,1H3,(H,22,24)/t16?,18?,19-/m1/s1. The molecule has 26 heavy (non-hydrogen) atoms. The third kappa shape index (κ3) is 4.41. The molecule has 0 aliphatic heterocycles. The van der Waals surface area contributed by atoms with E-state index in [4.69, 9.17) is 4.74 Å². The number of nitrogens with one attached hydrogen (secondary N) is 1. The van der Waals surface area contributed by atoms with Crippen molar-refractivity contribution >= 4 is 22.6 Å². The summed E-state index contributed by atoms with van der Waals surface area (Å²) in [4.78, 5) is 24.7. The maximum Gasteiger partial charge on any atom is 0.328 e. The zero-order valence-electron chi connectivity index (χ0n) is 15.0. The molecule has 0 heterocycles. The van der Waals surface area contributed by atoms with E-state index in [1.54, 1.807) is 0 Å². The van der Waals surface area contributed by atoms with Gasteiger partial charge in [-0.05, 0) is 42.0 Å². The summed E-state index contributed by atoms with van der Waals surface area (Å²) < 4.78 is 4.88. The van der Waals surface area contributed by atoms with Gasteiger partial charge in [0.05, 0.1) is 13.2 Å². The first-order chi connectivity index (χ1) is 12.6. The smallest absolute Gasteiger partial charge is 0.328 e. The topological polar surface area (TPSA) is 75.6 Å². The van der Waals surface area contributed by atoms with E-state index in [0.29, 0.717) is 32.1 Å². The Hall–Kier alpha value is -2.40. The maximum atomic E-state index is 12.5. The number of methoxy groups -OCH3 is 1. The van der Waals surface area contributed by atoms with Crippen LogP contribution < -0.4 is 5.32 Å². The number of carbonyl (C=O) groups is 2. The van der Waals surface area contributed by atoms with Crippen LogP contribution in [0.25, 0.3) is 10.8 Å². The van der Waals surface area contributed by atoms with Crippen molar-refractivity contribution in [3.8, 4) is 0 Å². The molecular formula is C21H25NO4. The third-order valence-electron chi connectivity index (χ3n) is 5.12. The minimum atomic E-state index is -0.708. The van der Waals surface area contributed by atoms with E-state index >= 15 is 0 Å². The van der Waals surface area contributed by atoms with Gasteiger partial charge in [0.15, 0.2) is 0 Å². The molecule has 2 aromatic rings. The zero-order chi connectivity index (χ0) is 18.5. The molecule has 1 aliphatic carbocycles.